The van der Waals surface area contributed by atoms with Crippen LogP contribution in [0, 0.1) is 13.8 Å². The quantitative estimate of drug-likeness (QED) is 0.580. The molecule has 1 aromatic heterocycles. The molecule has 1 unspecified atom stereocenters. The minimum Gasteiger partial charge on any atom is -0.308 e. The van der Waals surface area contributed by atoms with E-state index in [2.05, 4.69) is 35.9 Å². The van der Waals surface area contributed by atoms with Crippen LogP contribution >= 0.6 is 11.8 Å². The van der Waals surface area contributed by atoms with Crippen molar-refractivity contribution < 1.29 is 0 Å². The van der Waals surface area contributed by atoms with Crippen molar-refractivity contribution in [2.75, 3.05) is 20.6 Å². The third kappa shape index (κ3) is 4.62. The molecule has 15 heavy (non-hydrogen) atoms. The van der Waals surface area contributed by atoms with E-state index in [0.29, 0.717) is 5.25 Å². The van der Waals surface area contributed by atoms with Crippen LogP contribution in [0.15, 0.2) is 11.2 Å². The van der Waals surface area contributed by atoms with E-state index in [0.717, 1.165) is 23.1 Å². The second-order valence-corrected chi connectivity index (χ2v) is 5.53. The van der Waals surface area contributed by atoms with Crippen LogP contribution in [0.25, 0.3) is 0 Å². The number of hydrogen-bond donors (Lipinski definition) is 0. The fourth-order valence-corrected chi connectivity index (χ4v) is 2.60. The Morgan fingerprint density at radius 2 is 1.80 bits per heavy atom. The second kappa shape index (κ2) is 5.47. The Balaban J connectivity index is 2.63. The first kappa shape index (κ1) is 12.5. The molecule has 0 saturated carbocycles. The largest absolute Gasteiger partial charge is 0.308 e. The molecule has 0 amide bonds. The van der Waals surface area contributed by atoms with Gasteiger partial charge in [0.05, 0.1) is 0 Å². The number of hydrogen-bond acceptors (Lipinski definition) is 4. The molecule has 0 aliphatic rings. The number of aromatic nitrogens is 2. The van der Waals surface area contributed by atoms with Gasteiger partial charge in [0, 0.05) is 23.2 Å². The van der Waals surface area contributed by atoms with Gasteiger partial charge in [-0.15, -0.1) is 0 Å². The zero-order valence-electron chi connectivity index (χ0n) is 10.1. The van der Waals surface area contributed by atoms with E-state index in [1.54, 1.807) is 11.8 Å². The van der Waals surface area contributed by atoms with Gasteiger partial charge in [-0.1, -0.05) is 18.7 Å². The third-order valence-corrected chi connectivity index (χ3v) is 2.84. The summed E-state index contributed by atoms with van der Waals surface area (Å²) in [5, 5.41) is 1.41. The van der Waals surface area contributed by atoms with Crippen molar-refractivity contribution in [1.82, 2.24) is 14.9 Å². The summed E-state index contributed by atoms with van der Waals surface area (Å²) >= 11 is 1.74. The van der Waals surface area contributed by atoms with Crippen molar-refractivity contribution in [3.63, 3.8) is 0 Å². The zero-order valence-corrected chi connectivity index (χ0v) is 10.9. The maximum atomic E-state index is 4.41. The fraction of sp³-hybridized carbons (Fsp3) is 0.636. The van der Waals surface area contributed by atoms with Crippen molar-refractivity contribution in [2.45, 2.75) is 31.2 Å². The Bertz CT molecular complexity index is 305. The molecule has 0 saturated heterocycles. The number of thioether (sulfide) groups is 1. The molecule has 4 heteroatoms. The minimum absolute atomic E-state index is 0.515. The van der Waals surface area contributed by atoms with Crippen molar-refractivity contribution in [1.29, 1.82) is 0 Å². The SMILES string of the molecule is Cc1cc(C)nc(SC(C)CN(C)C)n1. The third-order valence-electron chi connectivity index (χ3n) is 1.89. The summed E-state index contributed by atoms with van der Waals surface area (Å²) in [6, 6.07) is 2.00. The lowest BCUT2D eigenvalue weighted by Crippen LogP contribution is -2.21. The molecule has 0 aliphatic carbocycles. The highest BCUT2D eigenvalue weighted by atomic mass is 32.2. The van der Waals surface area contributed by atoms with Crippen LogP contribution in [0.2, 0.25) is 0 Å². The van der Waals surface area contributed by atoms with Gasteiger partial charge in [0.25, 0.3) is 0 Å². The molecule has 0 aliphatic heterocycles. The molecule has 1 rings (SSSR count). The van der Waals surface area contributed by atoms with Gasteiger partial charge in [-0.2, -0.15) is 0 Å². The first-order chi connectivity index (χ1) is 6.97. The highest BCUT2D eigenvalue weighted by Crippen LogP contribution is 2.20. The summed E-state index contributed by atoms with van der Waals surface area (Å²) < 4.78 is 0. The van der Waals surface area contributed by atoms with E-state index in [1.165, 1.54) is 0 Å². The van der Waals surface area contributed by atoms with Gasteiger partial charge in [0.1, 0.15) is 0 Å². The lowest BCUT2D eigenvalue weighted by atomic mass is 10.4. The van der Waals surface area contributed by atoms with E-state index in [1.807, 2.05) is 19.9 Å². The number of aryl methyl sites for hydroxylation is 2. The Kier molecular flexibility index (Phi) is 4.54. The Morgan fingerprint density at radius 3 is 2.27 bits per heavy atom. The van der Waals surface area contributed by atoms with Gasteiger partial charge in [-0.3, -0.25) is 0 Å². The topological polar surface area (TPSA) is 29.0 Å². The van der Waals surface area contributed by atoms with Gasteiger partial charge >= 0.3 is 0 Å². The molecule has 0 radical (unpaired) electrons. The lowest BCUT2D eigenvalue weighted by molar-refractivity contribution is 0.413. The van der Waals surface area contributed by atoms with Gasteiger partial charge in [-0.25, -0.2) is 9.97 Å². The van der Waals surface area contributed by atoms with Gasteiger partial charge < -0.3 is 4.90 Å². The van der Waals surface area contributed by atoms with Gasteiger partial charge in [0.15, 0.2) is 5.16 Å². The predicted molar refractivity (Wildman–Crippen MR) is 65.4 cm³/mol. The van der Waals surface area contributed by atoms with Crippen LogP contribution in [0.5, 0.6) is 0 Å². The molecular weight excluding hydrogens is 206 g/mol. The molecule has 3 nitrogen and oxygen atoms in total. The average molecular weight is 225 g/mol. The summed E-state index contributed by atoms with van der Waals surface area (Å²) in [5.41, 5.74) is 2.09. The molecule has 0 N–H and O–H groups in total. The fourth-order valence-electron chi connectivity index (χ4n) is 1.48. The van der Waals surface area contributed by atoms with Crippen LogP contribution in [0.3, 0.4) is 0 Å². The predicted octanol–water partition coefficient (Wildman–Crippen LogP) is 2.14. The Hall–Kier alpha value is -0.610. The van der Waals surface area contributed by atoms with Gasteiger partial charge in [0.2, 0.25) is 0 Å². The first-order valence-corrected chi connectivity index (χ1v) is 5.99. The summed E-state index contributed by atoms with van der Waals surface area (Å²) in [7, 11) is 4.17. The minimum atomic E-state index is 0.515. The Morgan fingerprint density at radius 1 is 1.27 bits per heavy atom. The smallest absolute Gasteiger partial charge is 0.188 e. The normalized spacial score (nSPS) is 13.2. The summed E-state index contributed by atoms with van der Waals surface area (Å²) in [6.07, 6.45) is 0. The van der Waals surface area contributed by atoms with Crippen LogP contribution < -0.4 is 0 Å². The van der Waals surface area contributed by atoms with E-state index in [-0.39, 0.29) is 0 Å². The lowest BCUT2D eigenvalue weighted by Gasteiger charge is -2.15. The number of nitrogens with zero attached hydrogens (tertiary/aromatic N) is 3. The number of rotatable bonds is 4. The average Bonchev–Trinajstić information content (AvgIpc) is 1.98. The Labute approximate surface area is 96.3 Å². The molecule has 0 spiro atoms. The van der Waals surface area contributed by atoms with E-state index in [4.69, 9.17) is 0 Å². The maximum Gasteiger partial charge on any atom is 0.188 e. The zero-order chi connectivity index (χ0) is 11.4. The van der Waals surface area contributed by atoms with E-state index in [9.17, 15) is 0 Å². The molecule has 0 fully saturated rings. The van der Waals surface area contributed by atoms with Gasteiger partial charge in [-0.05, 0) is 34.0 Å². The summed E-state index contributed by atoms with van der Waals surface area (Å²) in [6.45, 7) is 7.26. The van der Waals surface area contributed by atoms with Crippen molar-refractivity contribution in [2.24, 2.45) is 0 Å². The molecule has 1 heterocycles. The van der Waals surface area contributed by atoms with Crippen LogP contribution in [0.1, 0.15) is 18.3 Å². The monoisotopic (exact) mass is 225 g/mol. The molecule has 84 valence electrons. The standard InChI is InChI=1S/C11H19N3S/c1-8-6-9(2)13-11(12-8)15-10(3)7-14(4)5/h6,10H,7H2,1-5H3. The van der Waals surface area contributed by atoms with E-state index >= 15 is 0 Å². The molecule has 1 aromatic rings. The van der Waals surface area contributed by atoms with Crippen molar-refractivity contribution in [3.05, 3.63) is 17.5 Å². The van der Waals surface area contributed by atoms with Crippen LogP contribution in [-0.4, -0.2) is 40.8 Å². The molecule has 0 aromatic carbocycles. The van der Waals surface area contributed by atoms with Crippen LogP contribution in [0.4, 0.5) is 0 Å². The highest BCUT2D eigenvalue weighted by Gasteiger charge is 2.08. The molecular formula is C11H19N3S. The second-order valence-electron chi connectivity index (χ2n) is 4.12. The van der Waals surface area contributed by atoms with Crippen molar-refractivity contribution >= 4 is 11.8 Å². The van der Waals surface area contributed by atoms with Crippen LogP contribution in [-0.2, 0) is 0 Å². The first-order valence-electron chi connectivity index (χ1n) is 5.11. The molecule has 1 atom stereocenters. The summed E-state index contributed by atoms with van der Waals surface area (Å²) in [5.74, 6) is 0. The molecule has 0 bridgehead atoms. The maximum absolute atomic E-state index is 4.41. The van der Waals surface area contributed by atoms with Crippen molar-refractivity contribution in [3.8, 4) is 0 Å². The highest BCUT2D eigenvalue weighted by molar-refractivity contribution is 7.99. The summed E-state index contributed by atoms with van der Waals surface area (Å²) in [4.78, 5) is 11.0. The van der Waals surface area contributed by atoms with E-state index < -0.39 is 0 Å².